The molecule has 0 rings (SSSR count). The van der Waals surface area contributed by atoms with Gasteiger partial charge in [0.2, 0.25) is 0 Å². The predicted octanol–water partition coefficient (Wildman–Crippen LogP) is 2.37. The first-order valence-electron chi connectivity index (χ1n) is 6.19. The SMILES string of the molecule is CC(C)CC(C)N(C)CCCC(C)(N)C#N. The predicted molar refractivity (Wildman–Crippen MR) is 69.0 cm³/mol. The summed E-state index contributed by atoms with van der Waals surface area (Å²) in [5.41, 5.74) is 5.11. The molecule has 0 spiro atoms. The van der Waals surface area contributed by atoms with E-state index in [4.69, 9.17) is 11.0 Å². The summed E-state index contributed by atoms with van der Waals surface area (Å²) in [5, 5.41) is 8.80. The average molecular weight is 225 g/mol. The van der Waals surface area contributed by atoms with E-state index in [1.54, 1.807) is 6.92 Å². The molecule has 0 aliphatic rings. The maximum absolute atomic E-state index is 8.80. The van der Waals surface area contributed by atoms with E-state index in [1.807, 2.05) is 0 Å². The second kappa shape index (κ2) is 6.88. The number of hydrogen-bond donors (Lipinski definition) is 1. The van der Waals surface area contributed by atoms with Gasteiger partial charge in [0, 0.05) is 6.04 Å². The lowest BCUT2D eigenvalue weighted by Gasteiger charge is -2.27. The first-order valence-corrected chi connectivity index (χ1v) is 6.19. The molecule has 3 nitrogen and oxygen atoms in total. The van der Waals surface area contributed by atoms with E-state index in [9.17, 15) is 0 Å². The van der Waals surface area contributed by atoms with Gasteiger partial charge in [-0.15, -0.1) is 0 Å². The molecule has 2 unspecified atom stereocenters. The Kier molecular flexibility index (Phi) is 6.62. The highest BCUT2D eigenvalue weighted by Gasteiger charge is 2.17. The molecule has 0 saturated heterocycles. The molecule has 0 aromatic heterocycles. The maximum Gasteiger partial charge on any atom is 0.101 e. The van der Waals surface area contributed by atoms with Gasteiger partial charge in [-0.1, -0.05) is 13.8 Å². The van der Waals surface area contributed by atoms with Crippen molar-refractivity contribution < 1.29 is 0 Å². The fraction of sp³-hybridized carbons (Fsp3) is 0.923. The van der Waals surface area contributed by atoms with Crippen molar-refractivity contribution >= 4 is 0 Å². The van der Waals surface area contributed by atoms with E-state index >= 15 is 0 Å². The molecule has 2 atom stereocenters. The van der Waals surface area contributed by atoms with Crippen LogP contribution in [0.3, 0.4) is 0 Å². The third-order valence-electron chi connectivity index (χ3n) is 3.03. The summed E-state index contributed by atoms with van der Waals surface area (Å²) in [4.78, 5) is 2.35. The third kappa shape index (κ3) is 6.81. The van der Waals surface area contributed by atoms with Gasteiger partial charge in [0.25, 0.3) is 0 Å². The summed E-state index contributed by atoms with van der Waals surface area (Å²) in [6, 6.07) is 2.74. The molecule has 16 heavy (non-hydrogen) atoms. The maximum atomic E-state index is 8.80. The Morgan fingerprint density at radius 3 is 2.38 bits per heavy atom. The topological polar surface area (TPSA) is 53.0 Å². The van der Waals surface area contributed by atoms with Gasteiger partial charge in [-0.25, -0.2) is 0 Å². The Labute approximate surface area is 101 Å². The van der Waals surface area contributed by atoms with Gasteiger partial charge in [0.1, 0.15) is 5.54 Å². The van der Waals surface area contributed by atoms with Crippen molar-refractivity contribution in [1.82, 2.24) is 4.90 Å². The smallest absolute Gasteiger partial charge is 0.101 e. The van der Waals surface area contributed by atoms with Crippen molar-refractivity contribution in [3.05, 3.63) is 0 Å². The van der Waals surface area contributed by atoms with Gasteiger partial charge in [0.15, 0.2) is 0 Å². The molecule has 0 fully saturated rings. The monoisotopic (exact) mass is 225 g/mol. The molecule has 3 heteroatoms. The Balaban J connectivity index is 3.82. The fourth-order valence-corrected chi connectivity index (χ4v) is 1.83. The number of rotatable bonds is 7. The molecule has 0 aromatic rings. The van der Waals surface area contributed by atoms with Crippen LogP contribution in [0.15, 0.2) is 0 Å². The molecule has 0 aliphatic carbocycles. The second-order valence-corrected chi connectivity index (χ2v) is 5.59. The number of nitrogens with zero attached hydrogens (tertiary/aromatic N) is 2. The summed E-state index contributed by atoms with van der Waals surface area (Å²) in [6.45, 7) is 9.56. The van der Waals surface area contributed by atoms with Gasteiger partial charge in [-0.05, 0) is 52.6 Å². The molecule has 0 radical (unpaired) electrons. The zero-order valence-corrected chi connectivity index (χ0v) is 11.5. The largest absolute Gasteiger partial charge is 0.314 e. The number of hydrogen-bond acceptors (Lipinski definition) is 3. The van der Waals surface area contributed by atoms with E-state index in [-0.39, 0.29) is 0 Å². The zero-order chi connectivity index (χ0) is 12.8. The summed E-state index contributed by atoms with van der Waals surface area (Å²) in [5.74, 6) is 0.733. The molecule has 0 bridgehead atoms. The highest BCUT2D eigenvalue weighted by molar-refractivity contribution is 5.00. The van der Waals surface area contributed by atoms with E-state index in [2.05, 4.69) is 38.8 Å². The van der Waals surface area contributed by atoms with Crippen molar-refractivity contribution in [3.8, 4) is 6.07 Å². The van der Waals surface area contributed by atoms with Crippen LogP contribution in [0.1, 0.15) is 47.0 Å². The van der Waals surface area contributed by atoms with Crippen molar-refractivity contribution in [3.63, 3.8) is 0 Å². The van der Waals surface area contributed by atoms with Crippen molar-refractivity contribution in [2.75, 3.05) is 13.6 Å². The minimum absolute atomic E-state index is 0.603. The van der Waals surface area contributed by atoms with E-state index in [0.717, 1.165) is 25.3 Å². The van der Waals surface area contributed by atoms with Crippen LogP contribution in [0.5, 0.6) is 0 Å². The first kappa shape index (κ1) is 15.4. The van der Waals surface area contributed by atoms with Gasteiger partial charge in [-0.2, -0.15) is 5.26 Å². The van der Waals surface area contributed by atoms with Crippen molar-refractivity contribution in [2.24, 2.45) is 11.7 Å². The van der Waals surface area contributed by atoms with Gasteiger partial charge >= 0.3 is 0 Å². The molecule has 2 N–H and O–H groups in total. The van der Waals surface area contributed by atoms with Crippen LogP contribution >= 0.6 is 0 Å². The van der Waals surface area contributed by atoms with Crippen LogP contribution in [-0.4, -0.2) is 30.1 Å². The lowest BCUT2D eigenvalue weighted by Crippen LogP contribution is -2.36. The molecular weight excluding hydrogens is 198 g/mol. The highest BCUT2D eigenvalue weighted by atomic mass is 15.1. The molecule has 94 valence electrons. The number of nitriles is 1. The van der Waals surface area contributed by atoms with Crippen LogP contribution in [-0.2, 0) is 0 Å². The second-order valence-electron chi connectivity index (χ2n) is 5.59. The lowest BCUT2D eigenvalue weighted by molar-refractivity contribution is 0.221. The third-order valence-corrected chi connectivity index (χ3v) is 3.03. The van der Waals surface area contributed by atoms with Gasteiger partial charge in [0.05, 0.1) is 6.07 Å². The van der Waals surface area contributed by atoms with E-state index in [1.165, 1.54) is 6.42 Å². The van der Waals surface area contributed by atoms with Crippen LogP contribution in [0.2, 0.25) is 0 Å². The van der Waals surface area contributed by atoms with Gasteiger partial charge in [-0.3, -0.25) is 0 Å². The number of nitrogens with two attached hydrogens (primary N) is 1. The van der Waals surface area contributed by atoms with Crippen LogP contribution < -0.4 is 5.73 Å². The molecule has 0 heterocycles. The summed E-state index contributed by atoms with van der Waals surface area (Å²) < 4.78 is 0. The van der Waals surface area contributed by atoms with Crippen LogP contribution in [0, 0.1) is 17.2 Å². The first-order chi connectivity index (χ1) is 7.28. The Morgan fingerprint density at radius 2 is 1.94 bits per heavy atom. The summed E-state index contributed by atoms with van der Waals surface area (Å²) in [7, 11) is 2.15. The molecule has 0 saturated carbocycles. The minimum Gasteiger partial charge on any atom is -0.314 e. The van der Waals surface area contributed by atoms with E-state index < -0.39 is 5.54 Å². The molecule has 0 aromatic carbocycles. The fourth-order valence-electron chi connectivity index (χ4n) is 1.83. The highest BCUT2D eigenvalue weighted by Crippen LogP contribution is 2.12. The van der Waals surface area contributed by atoms with Crippen LogP contribution in [0.4, 0.5) is 0 Å². The average Bonchev–Trinajstić information content (AvgIpc) is 2.16. The zero-order valence-electron chi connectivity index (χ0n) is 11.5. The lowest BCUT2D eigenvalue weighted by atomic mass is 9.98. The van der Waals surface area contributed by atoms with Gasteiger partial charge < -0.3 is 10.6 Å². The van der Waals surface area contributed by atoms with E-state index in [0.29, 0.717) is 6.04 Å². The Hall–Kier alpha value is -0.590. The summed E-state index contributed by atoms with van der Waals surface area (Å²) in [6.07, 6.45) is 2.97. The van der Waals surface area contributed by atoms with Crippen molar-refractivity contribution in [2.45, 2.75) is 58.5 Å². The molecule has 0 amide bonds. The summed E-state index contributed by atoms with van der Waals surface area (Å²) >= 11 is 0. The minimum atomic E-state index is -0.665. The Bertz CT molecular complexity index is 228. The normalized spacial score (nSPS) is 17.2. The van der Waals surface area contributed by atoms with Crippen LogP contribution in [0.25, 0.3) is 0 Å². The molecule has 0 aliphatic heterocycles. The quantitative estimate of drug-likeness (QED) is 0.723. The standard InChI is InChI=1S/C13H27N3/c1-11(2)9-12(3)16(5)8-6-7-13(4,15)10-14/h11-12H,6-9,15H2,1-5H3. The van der Waals surface area contributed by atoms with Crippen molar-refractivity contribution in [1.29, 1.82) is 5.26 Å². The Morgan fingerprint density at radius 1 is 1.38 bits per heavy atom. The molecular formula is C13H27N3.